The third kappa shape index (κ3) is 2.23. The largest absolute Gasteiger partial charge is 0.417 e. The van der Waals surface area contributed by atoms with Crippen molar-refractivity contribution in [1.82, 2.24) is 0 Å². The summed E-state index contributed by atoms with van der Waals surface area (Å²) in [6, 6.07) is 3.93. The van der Waals surface area contributed by atoms with Crippen LogP contribution in [0.1, 0.15) is 5.56 Å². The van der Waals surface area contributed by atoms with Gasteiger partial charge in [-0.15, -0.1) is 0 Å². The van der Waals surface area contributed by atoms with Gasteiger partial charge in [0.05, 0.1) is 5.56 Å². The molecule has 1 aromatic rings. The molecule has 0 aliphatic heterocycles. The molecule has 0 amide bonds. The molecule has 0 aromatic heterocycles. The van der Waals surface area contributed by atoms with E-state index in [0.29, 0.717) is 4.47 Å². The number of alkyl halides is 3. The van der Waals surface area contributed by atoms with Crippen LogP contribution in [0.4, 0.5) is 13.2 Å². The number of hydrogen-bond donors (Lipinski definition) is 0. The van der Waals surface area contributed by atoms with Gasteiger partial charge in [0.15, 0.2) is 0 Å². The molecule has 0 fully saturated rings. The van der Waals surface area contributed by atoms with Crippen molar-refractivity contribution in [3.8, 4) is 0 Å². The SMILES string of the molecule is FC(F)(F)c1cc(Br)ccc1Br. The van der Waals surface area contributed by atoms with Crippen LogP contribution in [-0.2, 0) is 6.18 Å². The first kappa shape index (κ1) is 10.1. The molecule has 0 spiro atoms. The predicted molar refractivity (Wildman–Crippen MR) is 46.8 cm³/mol. The van der Waals surface area contributed by atoms with Gasteiger partial charge < -0.3 is 0 Å². The lowest BCUT2D eigenvalue weighted by Crippen LogP contribution is -2.05. The summed E-state index contributed by atoms with van der Waals surface area (Å²) in [5, 5.41) is 0. The fourth-order valence-electron chi connectivity index (χ4n) is 0.715. The molecule has 0 aliphatic rings. The highest BCUT2D eigenvalue weighted by Gasteiger charge is 2.32. The molecule has 66 valence electrons. The van der Waals surface area contributed by atoms with E-state index in [-0.39, 0.29) is 4.47 Å². The lowest BCUT2D eigenvalue weighted by atomic mass is 10.2. The van der Waals surface area contributed by atoms with E-state index in [4.69, 9.17) is 0 Å². The molecule has 0 saturated heterocycles. The summed E-state index contributed by atoms with van der Waals surface area (Å²) in [6.07, 6.45) is -4.30. The minimum absolute atomic E-state index is 0.0539. The molecule has 0 saturated carbocycles. The smallest absolute Gasteiger partial charge is 0.166 e. The fraction of sp³-hybridized carbons (Fsp3) is 0.143. The second-order valence-corrected chi connectivity index (χ2v) is 3.89. The average Bonchev–Trinajstić information content (AvgIpc) is 1.92. The molecule has 1 rings (SSSR count). The van der Waals surface area contributed by atoms with Crippen molar-refractivity contribution in [3.63, 3.8) is 0 Å². The van der Waals surface area contributed by atoms with Gasteiger partial charge in [-0.05, 0) is 18.2 Å². The molecule has 0 unspecified atom stereocenters. The minimum Gasteiger partial charge on any atom is -0.166 e. The van der Waals surface area contributed by atoms with Gasteiger partial charge in [0, 0.05) is 8.95 Å². The van der Waals surface area contributed by atoms with Crippen LogP contribution in [0, 0.1) is 0 Å². The molecule has 5 heteroatoms. The zero-order valence-electron chi connectivity index (χ0n) is 5.62. The third-order valence-electron chi connectivity index (χ3n) is 1.23. The van der Waals surface area contributed by atoms with E-state index in [1.165, 1.54) is 6.07 Å². The van der Waals surface area contributed by atoms with Crippen molar-refractivity contribution < 1.29 is 13.2 Å². The van der Waals surface area contributed by atoms with Gasteiger partial charge >= 0.3 is 6.18 Å². The van der Waals surface area contributed by atoms with Crippen LogP contribution in [0.25, 0.3) is 0 Å². The summed E-state index contributed by atoms with van der Waals surface area (Å²) in [5.74, 6) is 0. The molecule has 0 heterocycles. The Morgan fingerprint density at radius 3 is 2.08 bits per heavy atom. The number of benzene rings is 1. The summed E-state index contributed by atoms with van der Waals surface area (Å²) >= 11 is 5.79. The quantitative estimate of drug-likeness (QED) is 0.673. The summed E-state index contributed by atoms with van der Waals surface area (Å²) < 4.78 is 37.0. The molecule has 0 bridgehead atoms. The number of rotatable bonds is 0. The summed E-state index contributed by atoms with van der Waals surface area (Å²) in [6.45, 7) is 0. The van der Waals surface area contributed by atoms with Crippen LogP contribution >= 0.6 is 31.9 Å². The normalized spacial score (nSPS) is 11.8. The molecule has 1 aromatic carbocycles. The highest BCUT2D eigenvalue weighted by Crippen LogP contribution is 2.36. The van der Waals surface area contributed by atoms with Crippen molar-refractivity contribution in [3.05, 3.63) is 32.7 Å². The maximum absolute atomic E-state index is 12.2. The Balaban J connectivity index is 3.23. The Morgan fingerprint density at radius 1 is 1.08 bits per heavy atom. The number of hydrogen-bond acceptors (Lipinski definition) is 0. The Bertz CT molecular complexity index is 293. The van der Waals surface area contributed by atoms with Crippen LogP contribution in [-0.4, -0.2) is 0 Å². The van der Waals surface area contributed by atoms with Crippen molar-refractivity contribution in [1.29, 1.82) is 0 Å². The van der Waals surface area contributed by atoms with E-state index in [2.05, 4.69) is 31.9 Å². The lowest BCUT2D eigenvalue weighted by molar-refractivity contribution is -0.138. The third-order valence-corrected chi connectivity index (χ3v) is 2.42. The van der Waals surface area contributed by atoms with Crippen LogP contribution in [0.2, 0.25) is 0 Å². The van der Waals surface area contributed by atoms with Crippen molar-refractivity contribution in [2.45, 2.75) is 6.18 Å². The molecule has 0 N–H and O–H groups in total. The van der Waals surface area contributed by atoms with Gasteiger partial charge in [0.2, 0.25) is 0 Å². The second-order valence-electron chi connectivity index (χ2n) is 2.12. The average molecular weight is 304 g/mol. The molecule has 0 atom stereocenters. The van der Waals surface area contributed by atoms with Gasteiger partial charge in [-0.1, -0.05) is 31.9 Å². The minimum atomic E-state index is -4.30. The van der Waals surface area contributed by atoms with E-state index >= 15 is 0 Å². The second kappa shape index (κ2) is 3.38. The van der Waals surface area contributed by atoms with Crippen molar-refractivity contribution in [2.24, 2.45) is 0 Å². The van der Waals surface area contributed by atoms with Gasteiger partial charge in [0.1, 0.15) is 0 Å². The van der Waals surface area contributed by atoms with Crippen molar-refractivity contribution >= 4 is 31.9 Å². The summed E-state index contributed by atoms with van der Waals surface area (Å²) in [7, 11) is 0. The maximum Gasteiger partial charge on any atom is 0.417 e. The molecule has 0 radical (unpaired) electrons. The van der Waals surface area contributed by atoms with Crippen LogP contribution in [0.15, 0.2) is 27.1 Å². The predicted octanol–water partition coefficient (Wildman–Crippen LogP) is 4.23. The standard InChI is InChI=1S/C7H3Br2F3/c8-4-1-2-6(9)5(3-4)7(10,11)12/h1-3H. The zero-order chi connectivity index (χ0) is 9.35. The highest BCUT2D eigenvalue weighted by molar-refractivity contribution is 9.11. The molecule has 12 heavy (non-hydrogen) atoms. The first-order valence-corrected chi connectivity index (χ1v) is 4.52. The van der Waals surface area contributed by atoms with Gasteiger partial charge in [-0.2, -0.15) is 13.2 Å². The van der Waals surface area contributed by atoms with E-state index in [0.717, 1.165) is 6.07 Å². The lowest BCUT2D eigenvalue weighted by Gasteiger charge is -2.08. The maximum atomic E-state index is 12.2. The Hall–Kier alpha value is -0.0300. The van der Waals surface area contributed by atoms with E-state index < -0.39 is 11.7 Å². The van der Waals surface area contributed by atoms with Crippen molar-refractivity contribution in [2.75, 3.05) is 0 Å². The first-order chi connectivity index (χ1) is 5.41. The molecule has 0 nitrogen and oxygen atoms in total. The fourth-order valence-corrected chi connectivity index (χ4v) is 1.55. The van der Waals surface area contributed by atoms with Gasteiger partial charge in [-0.25, -0.2) is 0 Å². The Morgan fingerprint density at radius 2 is 1.67 bits per heavy atom. The molecule has 0 aliphatic carbocycles. The zero-order valence-corrected chi connectivity index (χ0v) is 8.79. The number of halogens is 5. The van der Waals surface area contributed by atoms with Crippen LogP contribution in [0.3, 0.4) is 0 Å². The summed E-state index contributed by atoms with van der Waals surface area (Å²) in [4.78, 5) is 0. The van der Waals surface area contributed by atoms with E-state index in [1.54, 1.807) is 6.07 Å². The Kier molecular flexibility index (Phi) is 2.83. The van der Waals surface area contributed by atoms with Gasteiger partial charge in [0.25, 0.3) is 0 Å². The Labute approximate surface area is 84.0 Å². The van der Waals surface area contributed by atoms with E-state index in [9.17, 15) is 13.2 Å². The summed E-state index contributed by atoms with van der Waals surface area (Å²) in [5.41, 5.74) is -0.670. The van der Waals surface area contributed by atoms with Crippen LogP contribution in [0.5, 0.6) is 0 Å². The first-order valence-electron chi connectivity index (χ1n) is 2.93. The molecular formula is C7H3Br2F3. The monoisotopic (exact) mass is 302 g/mol. The van der Waals surface area contributed by atoms with E-state index in [1.807, 2.05) is 0 Å². The topological polar surface area (TPSA) is 0 Å². The van der Waals surface area contributed by atoms with Crippen LogP contribution < -0.4 is 0 Å². The molecular weight excluding hydrogens is 301 g/mol. The van der Waals surface area contributed by atoms with Gasteiger partial charge in [-0.3, -0.25) is 0 Å². The highest BCUT2D eigenvalue weighted by atomic mass is 79.9.